The Bertz CT molecular complexity index is 4280. The van der Waals surface area contributed by atoms with Crippen molar-refractivity contribution < 1.29 is 82.4 Å². The second kappa shape index (κ2) is 50.9. The number of nitrogens with two attached hydrogens (primary N) is 3. The molecule has 6 aromatic rings. The van der Waals surface area contributed by atoms with Crippen LogP contribution in [0.2, 0.25) is 0 Å². The SMILES string of the molecule is CSCC[C@H](NC(=O)[C@@H](C)Cc1ccccc1)C(=O)C[C@@H](C)C(=O)N[C@@H](Cc1ccccc1)C(=O)C[C@@H](Cc1ccccc1)C(=O)N[C@@H](CO)C(=O)C[C@@H](CCC(=O)O)C(=O)N[C@@H](CCCCN)C(=O)C[C@@H](CCCCN)C(=O)N[C@@H](Cc1ccc(O)cc1)C(=O)C[C@@H](CC(C)C)C(=O)N[C@@H](Cc1c[nH]c2ccccc12)C(=O)CCC(N)=O. The number of para-hydroxylation sites is 1. The van der Waals surface area contributed by atoms with E-state index in [2.05, 4.69) is 36.9 Å². The molecule has 118 heavy (non-hydrogen) atoms. The smallest absolute Gasteiger partial charge is 0.303 e. The topological polar surface area (TPSA) is 466 Å². The molecule has 0 saturated carbocycles. The van der Waals surface area contributed by atoms with Crippen molar-refractivity contribution in [3.05, 3.63) is 174 Å². The van der Waals surface area contributed by atoms with Gasteiger partial charge >= 0.3 is 5.97 Å². The van der Waals surface area contributed by atoms with Crippen molar-refractivity contribution in [2.24, 2.45) is 58.6 Å². The van der Waals surface area contributed by atoms with Crippen molar-refractivity contribution in [2.75, 3.05) is 31.7 Å². The van der Waals surface area contributed by atoms with Crippen LogP contribution in [-0.2, 0) is 99.2 Å². The van der Waals surface area contributed by atoms with Crippen LogP contribution in [0.5, 0.6) is 5.75 Å². The van der Waals surface area contributed by atoms with E-state index in [0.29, 0.717) is 60.1 Å². The van der Waals surface area contributed by atoms with Crippen LogP contribution in [0.25, 0.3) is 10.9 Å². The van der Waals surface area contributed by atoms with Gasteiger partial charge in [0.1, 0.15) is 11.8 Å². The molecule has 5 aromatic carbocycles. The lowest BCUT2D eigenvalue weighted by molar-refractivity contribution is -0.139. The van der Waals surface area contributed by atoms with Crippen LogP contribution in [0.4, 0.5) is 0 Å². The van der Waals surface area contributed by atoms with Gasteiger partial charge in [0.15, 0.2) is 34.7 Å². The van der Waals surface area contributed by atoms with E-state index in [1.54, 1.807) is 92.8 Å². The summed E-state index contributed by atoms with van der Waals surface area (Å²) in [5.74, 6) is -15.8. The van der Waals surface area contributed by atoms with Gasteiger partial charge in [-0.15, -0.1) is 0 Å². The molecule has 0 saturated heterocycles. The van der Waals surface area contributed by atoms with Crippen LogP contribution in [0.15, 0.2) is 146 Å². The summed E-state index contributed by atoms with van der Waals surface area (Å²) in [7, 11) is 0. The van der Waals surface area contributed by atoms with Gasteiger partial charge in [0.2, 0.25) is 41.4 Å². The number of aliphatic hydroxyl groups is 1. The molecule has 1 heterocycles. The van der Waals surface area contributed by atoms with Crippen molar-refractivity contribution in [1.29, 1.82) is 0 Å². The molecule has 6 rings (SSSR count). The minimum Gasteiger partial charge on any atom is -0.508 e. The maximum atomic E-state index is 15.0. The number of fused-ring (bicyclic) bond motifs is 1. The van der Waals surface area contributed by atoms with E-state index in [1.807, 2.05) is 74.7 Å². The monoisotopic (exact) mass is 1640 g/mol. The molecule has 27 nitrogen and oxygen atoms in total. The number of aliphatic hydroxyl groups excluding tert-OH is 1. The van der Waals surface area contributed by atoms with Crippen LogP contribution < -0.4 is 49.1 Å². The van der Waals surface area contributed by atoms with Gasteiger partial charge in [0.25, 0.3) is 0 Å². The minimum absolute atomic E-state index is 0.0267. The van der Waals surface area contributed by atoms with Gasteiger partial charge in [-0.05, 0) is 154 Å². The van der Waals surface area contributed by atoms with Gasteiger partial charge < -0.3 is 69.4 Å². The van der Waals surface area contributed by atoms with Crippen LogP contribution in [0, 0.1) is 41.4 Å². The Morgan fingerprint density at radius 1 is 0.407 bits per heavy atom. The van der Waals surface area contributed by atoms with Crippen LogP contribution in [-0.4, -0.2) is 170 Å². The number of carboxylic acids is 1. The van der Waals surface area contributed by atoms with E-state index >= 15 is 9.59 Å². The van der Waals surface area contributed by atoms with Crippen molar-refractivity contribution in [3.8, 4) is 5.75 Å². The molecular weight excluding hydrogens is 1530 g/mol. The number of ketones is 6. The zero-order valence-corrected chi connectivity index (χ0v) is 69.3. The van der Waals surface area contributed by atoms with E-state index < -0.39 is 187 Å². The molecular formula is C90H120N10O17S. The van der Waals surface area contributed by atoms with E-state index in [4.69, 9.17) is 17.2 Å². The molecule has 0 unspecified atom stereocenters. The van der Waals surface area contributed by atoms with Crippen molar-refractivity contribution in [1.82, 2.24) is 36.9 Å². The number of aliphatic carboxylic acids is 1. The number of hydrogen-bond acceptors (Lipinski definition) is 19. The number of rotatable bonds is 58. The maximum Gasteiger partial charge on any atom is 0.303 e. The summed E-state index contributed by atoms with van der Waals surface area (Å²) in [5.41, 5.74) is 21.5. The first kappa shape index (κ1) is 96.3. The number of hydrogen-bond donors (Lipinski definition) is 13. The molecule has 28 heteroatoms. The predicted octanol–water partition coefficient (Wildman–Crippen LogP) is 7.58. The van der Waals surface area contributed by atoms with Gasteiger partial charge in [-0.2, -0.15) is 11.8 Å². The molecule has 0 aliphatic heterocycles. The highest BCUT2D eigenvalue weighted by Gasteiger charge is 2.38. The molecule has 0 bridgehead atoms. The summed E-state index contributed by atoms with van der Waals surface area (Å²) in [5, 5.41) is 48.8. The number of primary amides is 1. The second-order valence-electron chi connectivity index (χ2n) is 31.3. The lowest BCUT2D eigenvalue weighted by Crippen LogP contribution is -2.50. The number of carboxylic acid groups (broad SMARTS) is 1. The summed E-state index contributed by atoms with van der Waals surface area (Å²) in [4.78, 5) is 202. The van der Waals surface area contributed by atoms with Gasteiger partial charge in [0, 0.05) is 110 Å². The minimum atomic E-state index is -1.72. The number of H-pyrrole nitrogens is 1. The van der Waals surface area contributed by atoms with Gasteiger partial charge in [-0.3, -0.25) is 67.1 Å². The normalized spacial score (nSPS) is 14.4. The highest BCUT2D eigenvalue weighted by Crippen LogP contribution is 2.27. The average Bonchev–Trinajstić information content (AvgIpc) is 1.62. The van der Waals surface area contributed by atoms with E-state index in [0.717, 1.165) is 16.5 Å². The highest BCUT2D eigenvalue weighted by molar-refractivity contribution is 7.98. The molecule has 12 atom stereocenters. The molecule has 0 fully saturated rings. The Morgan fingerprint density at radius 3 is 1.38 bits per heavy atom. The van der Waals surface area contributed by atoms with Crippen LogP contribution in [0.3, 0.4) is 0 Å². The highest BCUT2D eigenvalue weighted by atomic mass is 32.2. The fraction of sp³-hybridized carbons (Fsp3) is 0.489. The fourth-order valence-corrected chi connectivity index (χ4v) is 14.9. The molecule has 638 valence electrons. The fourth-order valence-electron chi connectivity index (χ4n) is 14.4. The summed E-state index contributed by atoms with van der Waals surface area (Å²) in [6, 6.07) is 32.5. The number of benzene rings is 5. The Morgan fingerprint density at radius 2 is 0.831 bits per heavy atom. The molecule has 1 aromatic heterocycles. The third kappa shape index (κ3) is 33.5. The standard InChI is InChI=1S/C90H120N10O17S/c1-56(2)43-65(89(116)99-75(77(103)36-37-83(93)109)49-67-54-94-70-29-16-15-28-69(67)70)52-80(106)74(48-62-31-34-68(102)35-32-62)98-87(114)63(27-17-19-40-91)50-79(105)71(30-18-20-41-92)96-88(115)64(33-38-84(110)111)51-82(108)76(55-101)100-90(117)66(46-60-23-11-7-12-24-60)53-81(107)73(47-61-25-13-8-14-26-61)97-86(113)58(4)45-78(104)72(39-42-118-5)95-85(112)57(3)44-59-21-9-6-10-22-59/h6-16,21-26,28-29,31-32,34-35,54,56-58,63-66,71-76,94,101-102H,17-20,27,30,33,36-53,55,91-92H2,1-5H3,(H2,93,109)(H,95,112)(H,96,115)(H,97,113)(H,98,114)(H,99,116)(H,100,117)(H,110,111)/t57-,58+,63+,64+,65+,66+,71-,72-,73-,74-,75-,76-/m0/s1. The zero-order chi connectivity index (χ0) is 86.2. The first-order chi connectivity index (χ1) is 56.5. The van der Waals surface area contributed by atoms with Gasteiger partial charge in [-0.1, -0.05) is 155 Å². The molecule has 0 aliphatic carbocycles. The average molecular weight is 1650 g/mol. The summed E-state index contributed by atoms with van der Waals surface area (Å²) < 4.78 is 0. The number of carbonyl (C=O) groups excluding carboxylic acids is 13. The molecule has 0 radical (unpaired) electrons. The van der Waals surface area contributed by atoms with Gasteiger partial charge in [0.05, 0.1) is 36.8 Å². The van der Waals surface area contributed by atoms with Crippen molar-refractivity contribution >= 4 is 105 Å². The molecule has 0 aliphatic rings. The summed E-state index contributed by atoms with van der Waals surface area (Å²) in [6.45, 7) is 6.42. The van der Waals surface area contributed by atoms with Crippen molar-refractivity contribution in [3.63, 3.8) is 0 Å². The number of thioether (sulfide) groups is 1. The van der Waals surface area contributed by atoms with Crippen molar-refractivity contribution in [2.45, 2.75) is 205 Å². The lowest BCUT2D eigenvalue weighted by atomic mass is 9.87. The van der Waals surface area contributed by atoms with Gasteiger partial charge in [-0.25, -0.2) is 0 Å². The molecule has 16 N–H and O–H groups in total. The second-order valence-corrected chi connectivity index (χ2v) is 32.3. The Labute approximate surface area is 695 Å². The van der Waals surface area contributed by atoms with Crippen LogP contribution >= 0.6 is 11.8 Å². The number of Topliss-reactive ketones (excluding diaryl/α,β-unsaturated/α-hetero) is 6. The number of unbranched alkanes of at least 4 members (excludes halogenated alkanes) is 2. The summed E-state index contributed by atoms with van der Waals surface area (Å²) >= 11 is 1.50. The third-order valence-electron chi connectivity index (χ3n) is 21.2. The van der Waals surface area contributed by atoms with E-state index in [-0.39, 0.29) is 107 Å². The first-order valence-corrected chi connectivity index (χ1v) is 42.3. The number of carbonyl (C=O) groups is 14. The number of amides is 7. The largest absolute Gasteiger partial charge is 0.508 e. The lowest BCUT2D eigenvalue weighted by Gasteiger charge is -2.27. The Balaban J connectivity index is 1.21. The van der Waals surface area contributed by atoms with Crippen LogP contribution in [0.1, 0.15) is 165 Å². The number of nitrogens with one attached hydrogen (secondary N) is 7. The number of aromatic amines is 1. The summed E-state index contributed by atoms with van der Waals surface area (Å²) in [6.07, 6.45) is 1.67. The first-order valence-electron chi connectivity index (χ1n) is 40.9. The number of phenols is 1. The number of aromatic nitrogens is 1. The maximum absolute atomic E-state index is 15.0. The Kier molecular flexibility index (Phi) is 41.6. The zero-order valence-electron chi connectivity index (χ0n) is 68.4. The quantitative estimate of drug-likeness (QED) is 0.0164. The number of aromatic hydroxyl groups is 1. The van der Waals surface area contributed by atoms with E-state index in [1.165, 1.54) is 23.9 Å². The third-order valence-corrected chi connectivity index (χ3v) is 21.8. The molecule has 7 amide bonds. The molecule has 0 spiro atoms. The predicted molar refractivity (Wildman–Crippen MR) is 452 cm³/mol. The Hall–Kier alpha value is -10.6. The van der Waals surface area contributed by atoms with E-state index in [9.17, 15) is 72.9 Å². The number of phenolic OH excluding ortho intramolecular Hbond substituents is 1.